The lowest BCUT2D eigenvalue weighted by molar-refractivity contribution is -0.116. The zero-order valence-corrected chi connectivity index (χ0v) is 31.5. The van der Waals surface area contributed by atoms with E-state index in [4.69, 9.17) is 4.74 Å². The first-order valence-electron chi connectivity index (χ1n) is 16.8. The van der Waals surface area contributed by atoms with Crippen LogP contribution in [0.4, 0.5) is 10.7 Å². The Morgan fingerprint density at radius 3 is 2.27 bits per heavy atom. The number of halogens is 1. The average molecular weight is 795 g/mol. The number of aryl methyl sites for hydroxylation is 1. The van der Waals surface area contributed by atoms with Crippen molar-refractivity contribution in [3.63, 3.8) is 0 Å². The number of carbonyl (C=O) groups excluding carboxylic acids is 4. The lowest BCUT2D eigenvalue weighted by Crippen LogP contribution is -2.30. The van der Waals surface area contributed by atoms with Gasteiger partial charge in [0.05, 0.1) is 12.7 Å². The quantitative estimate of drug-likeness (QED) is 0.0532. The second-order valence-corrected chi connectivity index (χ2v) is 15.3. The maximum absolute atomic E-state index is 14.1. The third kappa shape index (κ3) is 9.27. The van der Waals surface area contributed by atoms with Crippen LogP contribution in [0.5, 0.6) is 0 Å². The minimum atomic E-state index is -0.683. The highest BCUT2D eigenvalue weighted by Crippen LogP contribution is 2.41. The van der Waals surface area contributed by atoms with Gasteiger partial charge >= 0.3 is 5.97 Å². The molecule has 4 aromatic carbocycles. The fraction of sp³-hybridized carbons (Fsp3) is 0.171. The number of methoxy groups -OCH3 is 1. The summed E-state index contributed by atoms with van der Waals surface area (Å²) in [6.45, 7) is 0. The van der Waals surface area contributed by atoms with Crippen molar-refractivity contribution >= 4 is 79.5 Å². The monoisotopic (exact) mass is 793 g/mol. The van der Waals surface area contributed by atoms with Crippen molar-refractivity contribution < 1.29 is 23.9 Å². The Morgan fingerprint density at radius 2 is 1.54 bits per heavy atom. The third-order valence-corrected chi connectivity index (χ3v) is 11.4. The first kappa shape index (κ1) is 36.8. The molecule has 264 valence electrons. The van der Waals surface area contributed by atoms with Crippen molar-refractivity contribution in [2.75, 3.05) is 17.7 Å². The Balaban J connectivity index is 1.25. The van der Waals surface area contributed by atoms with E-state index in [0.29, 0.717) is 21.8 Å². The van der Waals surface area contributed by atoms with Crippen molar-refractivity contribution in [3.05, 3.63) is 152 Å². The van der Waals surface area contributed by atoms with Gasteiger partial charge in [0.1, 0.15) is 15.9 Å². The summed E-state index contributed by atoms with van der Waals surface area (Å²) in [6, 6.07) is 32.7. The van der Waals surface area contributed by atoms with E-state index >= 15 is 0 Å². The zero-order chi connectivity index (χ0) is 36.5. The van der Waals surface area contributed by atoms with E-state index in [9.17, 15) is 19.2 Å². The molecule has 8 nitrogen and oxygen atoms in total. The second kappa shape index (κ2) is 17.5. The molecular weight excluding hydrogens is 759 g/mol. The lowest BCUT2D eigenvalue weighted by atomic mass is 10.1. The Hall–Kier alpha value is -4.97. The van der Waals surface area contributed by atoms with E-state index in [0.717, 1.165) is 63.0 Å². The zero-order valence-electron chi connectivity index (χ0n) is 28.3. The molecule has 0 saturated carbocycles. The molecule has 3 amide bonds. The fourth-order valence-electron chi connectivity index (χ4n) is 5.88. The van der Waals surface area contributed by atoms with Gasteiger partial charge in [0.2, 0.25) is 5.91 Å². The minimum Gasteiger partial charge on any atom is -0.465 e. The molecule has 52 heavy (non-hydrogen) atoms. The van der Waals surface area contributed by atoms with E-state index < -0.39 is 23.0 Å². The number of anilines is 2. The first-order valence-corrected chi connectivity index (χ1v) is 19.3. The number of carbonyl (C=O) groups is 4. The number of thiophene rings is 1. The molecule has 0 saturated heterocycles. The van der Waals surface area contributed by atoms with Gasteiger partial charge in [-0.1, -0.05) is 89.1 Å². The summed E-state index contributed by atoms with van der Waals surface area (Å²) in [5, 5.41) is 8.59. The molecule has 0 radical (unpaired) electrons. The molecule has 1 aromatic heterocycles. The van der Waals surface area contributed by atoms with Gasteiger partial charge in [0.15, 0.2) is 0 Å². The largest absolute Gasteiger partial charge is 0.465 e. The molecule has 5 aromatic rings. The van der Waals surface area contributed by atoms with Gasteiger partial charge in [-0.2, -0.15) is 0 Å². The number of fused-ring (bicyclic) bond motifs is 1. The van der Waals surface area contributed by atoms with Crippen molar-refractivity contribution in [2.45, 2.75) is 42.2 Å². The summed E-state index contributed by atoms with van der Waals surface area (Å²) >= 11 is 6.21. The molecule has 0 bridgehead atoms. The van der Waals surface area contributed by atoms with Crippen LogP contribution in [0.3, 0.4) is 0 Å². The number of rotatable bonds is 11. The van der Waals surface area contributed by atoms with Crippen LogP contribution in [0.2, 0.25) is 0 Å². The van der Waals surface area contributed by atoms with E-state index in [1.165, 1.54) is 30.2 Å². The first-order chi connectivity index (χ1) is 25.3. The number of nitrogens with one attached hydrogen (secondary N) is 3. The standard InChI is InChI=1S/C41H36BrN3O5S2/c1-50-41(49)35-32-18-9-4-10-19-34(32)52-40(35)45-39(48)36(27-12-5-2-6-13-27)51-31-17-11-16-30(25-31)43-38(47)33(24-26-20-22-29(42)23-21-26)44-37(46)28-14-7-3-8-15-28/h2-3,5-8,11-17,20-25,36H,4,9-10,18-19H2,1H3,(H,43,47)(H,44,46)(H,45,48)/b33-24+. The number of hydrogen-bond acceptors (Lipinski definition) is 7. The van der Waals surface area contributed by atoms with Gasteiger partial charge in [-0.05, 0) is 90.9 Å². The summed E-state index contributed by atoms with van der Waals surface area (Å²) < 4.78 is 6.04. The molecule has 11 heteroatoms. The summed E-state index contributed by atoms with van der Waals surface area (Å²) in [7, 11) is 1.36. The minimum absolute atomic E-state index is 0.0616. The van der Waals surface area contributed by atoms with Gasteiger partial charge in [0, 0.05) is 25.5 Å². The smallest absolute Gasteiger partial charge is 0.341 e. The van der Waals surface area contributed by atoms with Crippen molar-refractivity contribution in [1.82, 2.24) is 5.32 Å². The molecule has 0 aliphatic heterocycles. The van der Waals surface area contributed by atoms with E-state index in [-0.39, 0.29) is 11.6 Å². The summed E-state index contributed by atoms with van der Waals surface area (Å²) in [5.74, 6) is -1.66. The Kier molecular flexibility index (Phi) is 12.4. The summed E-state index contributed by atoms with van der Waals surface area (Å²) in [6.07, 6.45) is 6.38. The fourth-order valence-corrected chi connectivity index (χ4v) is 8.50. The number of ether oxygens (including phenoxy) is 1. The maximum atomic E-state index is 14.1. The highest BCUT2D eigenvalue weighted by molar-refractivity contribution is 9.10. The van der Waals surface area contributed by atoms with Crippen LogP contribution in [0.25, 0.3) is 6.08 Å². The van der Waals surface area contributed by atoms with Gasteiger partial charge in [-0.15, -0.1) is 23.1 Å². The molecule has 1 heterocycles. The molecule has 3 N–H and O–H groups in total. The second-order valence-electron chi connectivity index (χ2n) is 12.1. The van der Waals surface area contributed by atoms with E-state index in [2.05, 4.69) is 31.9 Å². The Morgan fingerprint density at radius 1 is 0.827 bits per heavy atom. The van der Waals surface area contributed by atoms with Crippen molar-refractivity contribution in [1.29, 1.82) is 0 Å². The van der Waals surface area contributed by atoms with Crippen molar-refractivity contribution in [2.24, 2.45) is 0 Å². The number of amides is 3. The third-order valence-electron chi connectivity index (χ3n) is 8.44. The molecule has 0 fully saturated rings. The molecule has 1 atom stereocenters. The molecule has 1 unspecified atom stereocenters. The number of benzene rings is 4. The number of hydrogen-bond donors (Lipinski definition) is 3. The van der Waals surface area contributed by atoms with Gasteiger partial charge in [-0.25, -0.2) is 4.79 Å². The van der Waals surface area contributed by atoms with Crippen LogP contribution in [-0.2, 0) is 27.2 Å². The highest BCUT2D eigenvalue weighted by atomic mass is 79.9. The topological polar surface area (TPSA) is 114 Å². The molecule has 6 rings (SSSR count). The summed E-state index contributed by atoms with van der Waals surface area (Å²) in [4.78, 5) is 55.8. The number of thioether (sulfide) groups is 1. The summed E-state index contributed by atoms with van der Waals surface area (Å²) in [5.41, 5.74) is 3.88. The Labute approximate surface area is 319 Å². The predicted octanol–water partition coefficient (Wildman–Crippen LogP) is 9.45. The van der Waals surface area contributed by atoms with E-state index in [1.54, 1.807) is 48.5 Å². The molecule has 0 spiro atoms. The predicted molar refractivity (Wildman–Crippen MR) is 212 cm³/mol. The lowest BCUT2D eigenvalue weighted by Gasteiger charge is -2.18. The van der Waals surface area contributed by atoms with Crippen LogP contribution in [0.1, 0.15) is 66.8 Å². The van der Waals surface area contributed by atoms with Crippen LogP contribution < -0.4 is 16.0 Å². The molecular formula is C41H36BrN3O5S2. The Bertz CT molecular complexity index is 2100. The van der Waals surface area contributed by atoms with Gasteiger partial charge < -0.3 is 20.7 Å². The maximum Gasteiger partial charge on any atom is 0.341 e. The van der Waals surface area contributed by atoms with Crippen LogP contribution in [0, 0.1) is 0 Å². The SMILES string of the molecule is COC(=O)c1c(NC(=O)C(Sc2cccc(NC(=O)/C(=C\c3ccc(Br)cc3)NC(=O)c3ccccc3)c2)c2ccccc2)sc2c1CCCCC2. The van der Waals surface area contributed by atoms with Crippen LogP contribution >= 0.6 is 39.0 Å². The normalized spacial score (nSPS) is 13.2. The molecule has 1 aliphatic rings. The van der Waals surface area contributed by atoms with E-state index in [1.807, 2.05) is 66.7 Å². The van der Waals surface area contributed by atoms with Crippen LogP contribution in [0.15, 0.2) is 124 Å². The average Bonchev–Trinajstić information content (AvgIpc) is 3.33. The van der Waals surface area contributed by atoms with Gasteiger partial charge in [-0.3, -0.25) is 14.4 Å². The highest BCUT2D eigenvalue weighted by Gasteiger charge is 2.29. The van der Waals surface area contributed by atoms with Crippen LogP contribution in [-0.4, -0.2) is 30.8 Å². The van der Waals surface area contributed by atoms with Gasteiger partial charge in [0.25, 0.3) is 11.8 Å². The number of esters is 1. The van der Waals surface area contributed by atoms with Crippen molar-refractivity contribution in [3.8, 4) is 0 Å². The molecule has 1 aliphatic carbocycles.